The van der Waals surface area contributed by atoms with Gasteiger partial charge in [-0.2, -0.15) is 0 Å². The Labute approximate surface area is 209 Å². The van der Waals surface area contributed by atoms with Crippen LogP contribution in [0.15, 0.2) is 24.3 Å². The van der Waals surface area contributed by atoms with Crippen molar-refractivity contribution in [2.75, 3.05) is 0 Å². The van der Waals surface area contributed by atoms with Crippen LogP contribution in [0.25, 0.3) is 0 Å². The fraction of sp³-hybridized carbons (Fsp3) is 0.520. The molecule has 1 aliphatic rings. The molecule has 0 fully saturated rings. The molecule has 1 heterocycles. The summed E-state index contributed by atoms with van der Waals surface area (Å²) in [5.41, 5.74) is 5.40. The van der Waals surface area contributed by atoms with E-state index in [9.17, 15) is 9.46 Å². The van der Waals surface area contributed by atoms with Gasteiger partial charge in [0.1, 0.15) is 11.5 Å². The van der Waals surface area contributed by atoms with Crippen molar-refractivity contribution in [3.05, 3.63) is 57.6 Å². The van der Waals surface area contributed by atoms with Crippen molar-refractivity contribution in [2.45, 2.75) is 85.5 Å². The molecular formula is C25H34NaO4P. The Morgan fingerprint density at radius 3 is 1.45 bits per heavy atom. The first-order valence-electron chi connectivity index (χ1n) is 10.8. The fourth-order valence-corrected chi connectivity index (χ4v) is 4.87. The maximum absolute atomic E-state index is 13.0. The summed E-state index contributed by atoms with van der Waals surface area (Å²) in [5, 5.41) is 0. The van der Waals surface area contributed by atoms with E-state index in [1.807, 2.05) is 0 Å². The first-order valence-corrected chi connectivity index (χ1v) is 12.2. The summed E-state index contributed by atoms with van der Waals surface area (Å²) in [6, 6.07) is 8.28. The summed E-state index contributed by atoms with van der Waals surface area (Å²) in [6.07, 6.45) is 2.31. The van der Waals surface area contributed by atoms with Crippen molar-refractivity contribution in [1.29, 1.82) is 0 Å². The number of phosphoric ester groups is 1. The minimum Gasteiger partial charge on any atom is -0.736 e. The second-order valence-electron chi connectivity index (χ2n) is 10.3. The second-order valence-corrected chi connectivity index (χ2v) is 11.5. The maximum Gasteiger partial charge on any atom is 1.00 e. The Morgan fingerprint density at radius 2 is 1.16 bits per heavy atom. The molecule has 164 valence electrons. The quantitative estimate of drug-likeness (QED) is 0.519. The van der Waals surface area contributed by atoms with Crippen molar-refractivity contribution in [3.8, 4) is 11.5 Å². The van der Waals surface area contributed by atoms with Gasteiger partial charge in [0.05, 0.1) is 0 Å². The number of fused-ring (bicyclic) bond motifs is 2. The van der Waals surface area contributed by atoms with E-state index in [0.717, 1.165) is 35.1 Å². The molecule has 0 aliphatic carbocycles. The molecule has 0 saturated heterocycles. The van der Waals surface area contributed by atoms with Crippen molar-refractivity contribution >= 4 is 7.82 Å². The summed E-state index contributed by atoms with van der Waals surface area (Å²) in [7, 11) is -4.61. The Hall–Kier alpha value is -0.770. The Kier molecular flexibility index (Phi) is 7.89. The summed E-state index contributed by atoms with van der Waals surface area (Å²) in [4.78, 5) is 13.0. The molecule has 2 aromatic rings. The number of aryl methyl sites for hydroxylation is 2. The molecule has 0 bridgehead atoms. The van der Waals surface area contributed by atoms with Gasteiger partial charge in [0, 0.05) is 17.5 Å². The minimum atomic E-state index is -4.61. The van der Waals surface area contributed by atoms with Gasteiger partial charge >= 0.3 is 37.4 Å². The molecule has 31 heavy (non-hydrogen) atoms. The third-order valence-corrected chi connectivity index (χ3v) is 6.48. The number of rotatable bonds is 2. The van der Waals surface area contributed by atoms with E-state index < -0.39 is 7.82 Å². The summed E-state index contributed by atoms with van der Waals surface area (Å²) in [5.74, 6) is 0.839. The van der Waals surface area contributed by atoms with E-state index in [4.69, 9.17) is 9.05 Å². The molecule has 0 unspecified atom stereocenters. The molecule has 0 N–H and O–H groups in total. The van der Waals surface area contributed by atoms with Gasteiger partial charge in [-0.25, -0.2) is 4.57 Å². The maximum atomic E-state index is 13.0. The number of hydrogen-bond acceptors (Lipinski definition) is 4. The van der Waals surface area contributed by atoms with Gasteiger partial charge in [-0.3, -0.25) is 0 Å². The summed E-state index contributed by atoms with van der Waals surface area (Å²) in [6.45, 7) is 16.6. The van der Waals surface area contributed by atoms with E-state index in [1.165, 1.54) is 11.1 Å². The zero-order valence-electron chi connectivity index (χ0n) is 20.5. The Balaban J connectivity index is 0.00000341. The molecule has 4 nitrogen and oxygen atoms in total. The standard InChI is InChI=1S/C25H35O4P.Na/c1-9-16-11-18-15-19-12-17(10-2)14-21(25(6,7)8)23(19)29-30(26,27)28-22(18)20(13-16)24(3,4)5;/h11-14H,9-10,15H2,1-8H3,(H,26,27);/q;+1/p-1. The van der Waals surface area contributed by atoms with E-state index in [2.05, 4.69) is 79.7 Å². The van der Waals surface area contributed by atoms with Gasteiger partial charge < -0.3 is 13.9 Å². The molecule has 0 atom stereocenters. The molecule has 2 aromatic carbocycles. The summed E-state index contributed by atoms with van der Waals surface area (Å²) < 4.78 is 24.3. The molecule has 1 aliphatic heterocycles. The third-order valence-electron chi connectivity index (χ3n) is 5.67. The van der Waals surface area contributed by atoms with Gasteiger partial charge in [0.25, 0.3) is 0 Å². The van der Waals surface area contributed by atoms with Crippen molar-refractivity contribution in [1.82, 2.24) is 0 Å². The van der Waals surface area contributed by atoms with Gasteiger partial charge in [-0.1, -0.05) is 79.7 Å². The van der Waals surface area contributed by atoms with Gasteiger partial charge in [0.2, 0.25) is 0 Å². The zero-order chi connectivity index (χ0) is 22.5. The van der Waals surface area contributed by atoms with E-state index >= 15 is 0 Å². The fourth-order valence-electron chi connectivity index (χ4n) is 3.96. The first kappa shape index (κ1) is 26.5. The average Bonchev–Trinajstić information content (AvgIpc) is 2.60. The first-order chi connectivity index (χ1) is 13.7. The molecular weight excluding hydrogens is 418 g/mol. The van der Waals surface area contributed by atoms with E-state index in [1.54, 1.807) is 0 Å². The predicted molar refractivity (Wildman–Crippen MR) is 121 cm³/mol. The number of phosphoric acid groups is 1. The molecule has 0 aromatic heterocycles. The Bertz CT molecular complexity index is 938. The topological polar surface area (TPSA) is 58.6 Å². The van der Waals surface area contributed by atoms with Crippen LogP contribution in [0.5, 0.6) is 11.5 Å². The van der Waals surface area contributed by atoms with Crippen LogP contribution in [0.4, 0.5) is 0 Å². The molecule has 0 saturated carbocycles. The normalized spacial score (nSPS) is 15.4. The Morgan fingerprint density at radius 1 is 0.806 bits per heavy atom. The van der Waals surface area contributed by atoms with Crippen molar-refractivity contribution in [3.63, 3.8) is 0 Å². The van der Waals surface area contributed by atoms with Crippen LogP contribution < -0.4 is 43.5 Å². The smallest absolute Gasteiger partial charge is 0.736 e. The van der Waals surface area contributed by atoms with Crippen LogP contribution >= 0.6 is 7.82 Å². The molecule has 0 radical (unpaired) electrons. The monoisotopic (exact) mass is 452 g/mol. The average molecular weight is 453 g/mol. The van der Waals surface area contributed by atoms with Crippen LogP contribution in [-0.4, -0.2) is 0 Å². The van der Waals surface area contributed by atoms with Gasteiger partial charge in [-0.15, -0.1) is 0 Å². The van der Waals surface area contributed by atoms with Gasteiger partial charge in [-0.05, 0) is 45.9 Å². The molecule has 0 amide bonds. The largest absolute Gasteiger partial charge is 1.00 e. The number of benzene rings is 2. The SMILES string of the molecule is CCc1cc2c(c(C(C)(C)C)c1)OP(=O)([O-])Oc1c(cc(CC)cc1C(C)(C)C)C2.[Na+]. The molecule has 0 spiro atoms. The minimum absolute atomic E-state index is 0. The van der Waals surface area contributed by atoms with Crippen LogP contribution in [0.1, 0.15) is 88.8 Å². The number of hydrogen-bond donors (Lipinski definition) is 0. The van der Waals surface area contributed by atoms with E-state index in [0.29, 0.717) is 17.9 Å². The van der Waals surface area contributed by atoms with Crippen LogP contribution in [0.2, 0.25) is 0 Å². The van der Waals surface area contributed by atoms with Crippen LogP contribution in [0.3, 0.4) is 0 Å². The zero-order valence-corrected chi connectivity index (χ0v) is 23.4. The second kappa shape index (κ2) is 9.23. The van der Waals surface area contributed by atoms with Crippen LogP contribution in [0, 0.1) is 0 Å². The summed E-state index contributed by atoms with van der Waals surface area (Å²) >= 11 is 0. The van der Waals surface area contributed by atoms with Crippen LogP contribution in [-0.2, 0) is 34.7 Å². The molecule has 6 heteroatoms. The third kappa shape index (κ3) is 5.78. The van der Waals surface area contributed by atoms with E-state index in [-0.39, 0.29) is 40.4 Å². The van der Waals surface area contributed by atoms with Gasteiger partial charge in [0.15, 0.2) is 0 Å². The predicted octanol–water partition coefficient (Wildman–Crippen LogP) is 3.24. The van der Waals surface area contributed by atoms with Crippen molar-refractivity contribution in [2.24, 2.45) is 0 Å². The van der Waals surface area contributed by atoms with Crippen molar-refractivity contribution < 1.29 is 48.1 Å². The molecule has 3 rings (SSSR count).